The van der Waals surface area contributed by atoms with Crippen molar-refractivity contribution in [2.24, 2.45) is 15.8 Å². The van der Waals surface area contributed by atoms with Crippen molar-refractivity contribution in [2.45, 2.75) is 52.6 Å². The molecule has 0 aromatic carbocycles. The van der Waals surface area contributed by atoms with Crippen molar-refractivity contribution in [3.8, 4) is 0 Å². The molecule has 12 heavy (non-hydrogen) atoms. The highest BCUT2D eigenvalue weighted by Gasteiger charge is 2.51. The van der Waals surface area contributed by atoms with E-state index in [0.29, 0.717) is 0 Å². The maximum absolute atomic E-state index is 4.22. The molecule has 70 valence electrons. The maximum Gasteiger partial charge on any atom is 0.0854 e. The van der Waals surface area contributed by atoms with E-state index in [2.05, 4.69) is 57.3 Å². The third-order valence-electron chi connectivity index (χ3n) is 3.72. The third kappa shape index (κ3) is 1.03. The molecule has 3 heteroatoms. The molecule has 0 saturated carbocycles. The first-order valence-electron chi connectivity index (χ1n) is 4.40. The van der Waals surface area contributed by atoms with Gasteiger partial charge in [0.1, 0.15) is 0 Å². The molecule has 0 spiro atoms. The van der Waals surface area contributed by atoms with Gasteiger partial charge >= 0.3 is 0 Å². The van der Waals surface area contributed by atoms with Crippen molar-refractivity contribution in [1.82, 2.24) is 5.43 Å². The van der Waals surface area contributed by atoms with E-state index in [4.69, 9.17) is 0 Å². The molecule has 0 radical (unpaired) electrons. The monoisotopic (exact) mass is 169 g/mol. The van der Waals surface area contributed by atoms with Crippen LogP contribution in [0.3, 0.4) is 0 Å². The molecule has 0 fully saturated rings. The Labute approximate surface area is 74.6 Å². The number of hydrogen-bond acceptors (Lipinski definition) is 3. The number of rotatable bonds is 0. The van der Waals surface area contributed by atoms with E-state index >= 15 is 0 Å². The van der Waals surface area contributed by atoms with Crippen LogP contribution in [-0.4, -0.2) is 11.1 Å². The van der Waals surface area contributed by atoms with Gasteiger partial charge in [-0.3, -0.25) is 5.43 Å². The van der Waals surface area contributed by atoms with Gasteiger partial charge < -0.3 is 0 Å². The maximum atomic E-state index is 4.22. The van der Waals surface area contributed by atoms with Gasteiger partial charge in [-0.25, -0.2) is 0 Å². The first-order chi connectivity index (χ1) is 5.21. The summed E-state index contributed by atoms with van der Waals surface area (Å²) in [6.07, 6.45) is 0. The van der Waals surface area contributed by atoms with Crippen molar-refractivity contribution in [1.29, 1.82) is 0 Å². The Hall–Kier alpha value is -0.600. The summed E-state index contributed by atoms with van der Waals surface area (Å²) in [5.74, 6) is 0. The zero-order chi connectivity index (χ0) is 9.62. The predicted molar refractivity (Wildman–Crippen MR) is 49.9 cm³/mol. The van der Waals surface area contributed by atoms with E-state index in [9.17, 15) is 0 Å². The largest absolute Gasteiger partial charge is 0.286 e. The molecule has 0 aromatic heterocycles. The highest BCUT2D eigenvalue weighted by molar-refractivity contribution is 5.06. The lowest BCUT2D eigenvalue weighted by molar-refractivity contribution is 0.0403. The SMILES string of the molecule is CC1(C)N=NNC(C)(C)C1(C)C. The van der Waals surface area contributed by atoms with Crippen LogP contribution in [0.1, 0.15) is 41.5 Å². The van der Waals surface area contributed by atoms with Gasteiger partial charge in [0.25, 0.3) is 0 Å². The fourth-order valence-electron chi connectivity index (χ4n) is 1.30. The second kappa shape index (κ2) is 2.21. The second-order valence-corrected chi connectivity index (χ2v) is 5.12. The third-order valence-corrected chi connectivity index (χ3v) is 3.72. The molecule has 3 nitrogen and oxygen atoms in total. The number of hydrogen-bond donors (Lipinski definition) is 1. The Bertz CT molecular complexity index is 214. The molecule has 0 saturated heterocycles. The molecule has 0 aromatic rings. The zero-order valence-corrected chi connectivity index (χ0v) is 8.89. The Morgan fingerprint density at radius 3 is 1.75 bits per heavy atom. The standard InChI is InChI=1S/C9H19N3/c1-7(2)8(3,4)10-12-11-9(7,5)6/h1-6H3,(H,10,11). The van der Waals surface area contributed by atoms with Crippen LogP contribution in [0.2, 0.25) is 0 Å². The van der Waals surface area contributed by atoms with Gasteiger partial charge in [-0.2, -0.15) is 5.11 Å². The fraction of sp³-hybridized carbons (Fsp3) is 1.00. The van der Waals surface area contributed by atoms with E-state index in [1.54, 1.807) is 0 Å². The second-order valence-electron chi connectivity index (χ2n) is 5.12. The van der Waals surface area contributed by atoms with E-state index < -0.39 is 0 Å². The van der Waals surface area contributed by atoms with Gasteiger partial charge in [-0.1, -0.05) is 19.1 Å². The van der Waals surface area contributed by atoms with E-state index in [-0.39, 0.29) is 16.5 Å². The van der Waals surface area contributed by atoms with Crippen LogP contribution in [0.4, 0.5) is 0 Å². The molecule has 0 unspecified atom stereocenters. The van der Waals surface area contributed by atoms with E-state index in [0.717, 1.165) is 0 Å². The highest BCUT2D eigenvalue weighted by Crippen LogP contribution is 2.45. The lowest BCUT2D eigenvalue weighted by Crippen LogP contribution is -2.60. The summed E-state index contributed by atoms with van der Waals surface area (Å²) >= 11 is 0. The summed E-state index contributed by atoms with van der Waals surface area (Å²) in [5.41, 5.74) is 3.06. The average molecular weight is 169 g/mol. The lowest BCUT2D eigenvalue weighted by Gasteiger charge is -2.51. The van der Waals surface area contributed by atoms with E-state index in [1.165, 1.54) is 0 Å². The first-order valence-corrected chi connectivity index (χ1v) is 4.40. The lowest BCUT2D eigenvalue weighted by atomic mass is 9.63. The quantitative estimate of drug-likeness (QED) is 0.594. The molecule has 1 rings (SSSR count). The minimum Gasteiger partial charge on any atom is -0.286 e. The van der Waals surface area contributed by atoms with Crippen LogP contribution in [-0.2, 0) is 0 Å². The molecule has 1 aliphatic heterocycles. The molecule has 1 aliphatic rings. The minimum absolute atomic E-state index is 0.00174. The normalized spacial score (nSPS) is 29.5. The number of nitrogens with zero attached hydrogens (tertiary/aromatic N) is 2. The molecule has 0 bridgehead atoms. The van der Waals surface area contributed by atoms with Crippen LogP contribution < -0.4 is 5.43 Å². The van der Waals surface area contributed by atoms with Crippen molar-refractivity contribution in [2.75, 3.05) is 0 Å². The van der Waals surface area contributed by atoms with Crippen LogP contribution in [0.15, 0.2) is 10.3 Å². The van der Waals surface area contributed by atoms with Crippen molar-refractivity contribution < 1.29 is 0 Å². The number of nitrogens with one attached hydrogen (secondary N) is 1. The van der Waals surface area contributed by atoms with Crippen LogP contribution in [0.5, 0.6) is 0 Å². The fourth-order valence-corrected chi connectivity index (χ4v) is 1.30. The van der Waals surface area contributed by atoms with Gasteiger partial charge in [0.2, 0.25) is 0 Å². The molecule has 0 amide bonds. The summed E-state index contributed by atoms with van der Waals surface area (Å²) < 4.78 is 0. The molecule has 0 atom stereocenters. The molecule has 1 N–H and O–H groups in total. The molecular weight excluding hydrogens is 150 g/mol. The smallest absolute Gasteiger partial charge is 0.0854 e. The zero-order valence-electron chi connectivity index (χ0n) is 8.89. The van der Waals surface area contributed by atoms with Crippen molar-refractivity contribution in [3.63, 3.8) is 0 Å². The van der Waals surface area contributed by atoms with Crippen LogP contribution in [0.25, 0.3) is 0 Å². The first kappa shape index (κ1) is 9.49. The minimum atomic E-state index is -0.0955. The Balaban J connectivity index is 3.13. The van der Waals surface area contributed by atoms with Gasteiger partial charge in [0, 0.05) is 5.41 Å². The van der Waals surface area contributed by atoms with E-state index in [1.807, 2.05) is 0 Å². The van der Waals surface area contributed by atoms with Crippen LogP contribution >= 0.6 is 0 Å². The van der Waals surface area contributed by atoms with Gasteiger partial charge in [-0.15, -0.1) is 0 Å². The Kier molecular flexibility index (Phi) is 1.75. The van der Waals surface area contributed by atoms with Crippen LogP contribution in [0, 0.1) is 5.41 Å². The average Bonchev–Trinajstić information content (AvgIpc) is 1.83. The van der Waals surface area contributed by atoms with Crippen molar-refractivity contribution in [3.05, 3.63) is 0 Å². The predicted octanol–water partition coefficient (Wildman–Crippen LogP) is 2.54. The summed E-state index contributed by atoms with van der Waals surface area (Å²) in [5, 5.41) is 8.18. The highest BCUT2D eigenvalue weighted by atomic mass is 15.5. The van der Waals surface area contributed by atoms with Gasteiger partial charge in [0.15, 0.2) is 0 Å². The van der Waals surface area contributed by atoms with Gasteiger partial charge in [-0.05, 0) is 27.7 Å². The Morgan fingerprint density at radius 1 is 0.917 bits per heavy atom. The summed E-state index contributed by atoms with van der Waals surface area (Å²) in [7, 11) is 0. The molecule has 1 heterocycles. The molecular formula is C9H19N3. The Morgan fingerprint density at radius 2 is 1.42 bits per heavy atom. The summed E-state index contributed by atoms with van der Waals surface area (Å²) in [6, 6.07) is 0. The van der Waals surface area contributed by atoms with Gasteiger partial charge in [0.05, 0.1) is 11.1 Å². The van der Waals surface area contributed by atoms with Crippen molar-refractivity contribution >= 4 is 0 Å². The summed E-state index contributed by atoms with van der Waals surface area (Å²) in [6.45, 7) is 13.0. The summed E-state index contributed by atoms with van der Waals surface area (Å²) in [4.78, 5) is 0. The topological polar surface area (TPSA) is 36.8 Å². The molecule has 0 aliphatic carbocycles.